The van der Waals surface area contributed by atoms with E-state index in [1.54, 1.807) is 19.0 Å². The number of aryl methyl sites for hydroxylation is 2. The molecule has 0 fully saturated rings. The molecule has 1 amide bonds. The van der Waals surface area contributed by atoms with Crippen LogP contribution < -0.4 is 0 Å². The second kappa shape index (κ2) is 7.40. The second-order valence-corrected chi connectivity index (χ2v) is 6.58. The van der Waals surface area contributed by atoms with Gasteiger partial charge in [0.1, 0.15) is 5.82 Å². The first kappa shape index (κ1) is 17.2. The molecule has 23 heavy (non-hydrogen) atoms. The van der Waals surface area contributed by atoms with Crippen LogP contribution >= 0.6 is 0 Å². The number of rotatable bonds is 6. The van der Waals surface area contributed by atoms with E-state index in [2.05, 4.69) is 43.0 Å². The number of carbonyl (C=O) groups excluding carboxylic acids is 1. The van der Waals surface area contributed by atoms with E-state index in [0.29, 0.717) is 18.8 Å². The molecule has 0 saturated carbocycles. The monoisotopic (exact) mass is 314 g/mol. The molecule has 0 bridgehead atoms. The van der Waals surface area contributed by atoms with Crippen LogP contribution in [0.5, 0.6) is 0 Å². The Morgan fingerprint density at radius 1 is 1.30 bits per heavy atom. The highest BCUT2D eigenvalue weighted by Gasteiger charge is 2.15. The molecule has 2 aromatic rings. The third-order valence-electron chi connectivity index (χ3n) is 3.62. The Hall–Kier alpha value is -2.17. The van der Waals surface area contributed by atoms with Crippen molar-refractivity contribution in [1.29, 1.82) is 0 Å². The summed E-state index contributed by atoms with van der Waals surface area (Å²) in [5, 5.41) is 4.67. The Morgan fingerprint density at radius 2 is 2.04 bits per heavy atom. The van der Waals surface area contributed by atoms with Crippen molar-refractivity contribution < 1.29 is 4.79 Å². The highest BCUT2D eigenvalue weighted by Crippen LogP contribution is 2.15. The average molecular weight is 314 g/mol. The lowest BCUT2D eigenvalue weighted by molar-refractivity contribution is -0.128. The lowest BCUT2D eigenvalue weighted by Gasteiger charge is -2.10. The van der Waals surface area contributed by atoms with Crippen LogP contribution in [0.2, 0.25) is 0 Å². The predicted octanol–water partition coefficient (Wildman–Crippen LogP) is 2.80. The van der Waals surface area contributed by atoms with Gasteiger partial charge in [0.05, 0.1) is 5.69 Å². The summed E-state index contributed by atoms with van der Waals surface area (Å²) in [5.41, 5.74) is 2.18. The van der Waals surface area contributed by atoms with Gasteiger partial charge < -0.3 is 4.90 Å². The molecule has 0 aliphatic rings. The van der Waals surface area contributed by atoms with Crippen LogP contribution in [0.25, 0.3) is 5.69 Å². The van der Waals surface area contributed by atoms with Crippen molar-refractivity contribution in [3.63, 3.8) is 0 Å². The highest BCUT2D eigenvalue weighted by molar-refractivity contribution is 5.75. The summed E-state index contributed by atoms with van der Waals surface area (Å²) in [6, 6.07) is 8.19. The second-order valence-electron chi connectivity index (χ2n) is 6.58. The fraction of sp³-hybridized carbons (Fsp3) is 0.500. The standard InChI is InChI=1S/C18H26N4O/c1-13(2)11-16-19-17(9-10-18(23)21(4)5)22(20-16)15-8-6-7-14(3)12-15/h6-8,12-13H,9-11H2,1-5H3. The number of carbonyl (C=O) groups is 1. The highest BCUT2D eigenvalue weighted by atomic mass is 16.2. The maximum atomic E-state index is 11.9. The summed E-state index contributed by atoms with van der Waals surface area (Å²) in [7, 11) is 3.55. The van der Waals surface area contributed by atoms with Crippen molar-refractivity contribution in [3.8, 4) is 5.69 Å². The lowest BCUT2D eigenvalue weighted by Crippen LogP contribution is -2.22. The number of benzene rings is 1. The molecule has 5 heteroatoms. The van der Waals surface area contributed by atoms with E-state index in [1.807, 2.05) is 16.8 Å². The summed E-state index contributed by atoms with van der Waals surface area (Å²) in [4.78, 5) is 18.2. The molecule has 0 saturated heterocycles. The van der Waals surface area contributed by atoms with Gasteiger partial charge in [-0.2, -0.15) is 5.10 Å². The fourth-order valence-electron chi connectivity index (χ4n) is 2.41. The van der Waals surface area contributed by atoms with Crippen molar-refractivity contribution in [3.05, 3.63) is 41.5 Å². The number of amides is 1. The predicted molar refractivity (Wildman–Crippen MR) is 91.7 cm³/mol. The molecule has 124 valence electrons. The molecule has 1 aromatic heterocycles. The first-order valence-electron chi connectivity index (χ1n) is 8.09. The molecule has 1 aromatic carbocycles. The molecule has 0 aliphatic carbocycles. The Labute approximate surface area is 138 Å². The van der Waals surface area contributed by atoms with Crippen molar-refractivity contribution in [1.82, 2.24) is 19.7 Å². The van der Waals surface area contributed by atoms with Crippen LogP contribution in [0, 0.1) is 12.8 Å². The lowest BCUT2D eigenvalue weighted by atomic mass is 10.1. The number of hydrogen-bond acceptors (Lipinski definition) is 3. The molecule has 0 aliphatic heterocycles. The summed E-state index contributed by atoms with van der Waals surface area (Å²) >= 11 is 0. The van der Waals surface area contributed by atoms with Crippen LogP contribution in [-0.4, -0.2) is 39.7 Å². The zero-order valence-electron chi connectivity index (χ0n) is 14.7. The van der Waals surface area contributed by atoms with Gasteiger partial charge in [0, 0.05) is 33.4 Å². The van der Waals surface area contributed by atoms with Gasteiger partial charge in [0.25, 0.3) is 0 Å². The maximum absolute atomic E-state index is 11.9. The molecule has 0 radical (unpaired) electrons. The van der Waals surface area contributed by atoms with Crippen molar-refractivity contribution in [2.24, 2.45) is 5.92 Å². The molecule has 1 heterocycles. The minimum atomic E-state index is 0.106. The van der Waals surface area contributed by atoms with Gasteiger partial charge in [0.15, 0.2) is 5.82 Å². The van der Waals surface area contributed by atoms with Gasteiger partial charge in [-0.05, 0) is 30.5 Å². The summed E-state index contributed by atoms with van der Waals surface area (Å²) in [6.45, 7) is 6.37. The minimum Gasteiger partial charge on any atom is -0.349 e. The van der Waals surface area contributed by atoms with Crippen molar-refractivity contribution in [2.75, 3.05) is 14.1 Å². The largest absolute Gasteiger partial charge is 0.349 e. The molecular weight excluding hydrogens is 288 g/mol. The molecule has 0 N–H and O–H groups in total. The van der Waals surface area contributed by atoms with Gasteiger partial charge in [-0.1, -0.05) is 26.0 Å². The zero-order valence-corrected chi connectivity index (χ0v) is 14.7. The molecule has 5 nitrogen and oxygen atoms in total. The van der Waals surface area contributed by atoms with Gasteiger partial charge >= 0.3 is 0 Å². The summed E-state index contributed by atoms with van der Waals surface area (Å²) in [5.74, 6) is 2.30. The summed E-state index contributed by atoms with van der Waals surface area (Å²) in [6.07, 6.45) is 1.88. The number of nitrogens with zero attached hydrogens (tertiary/aromatic N) is 4. The molecule has 0 spiro atoms. The summed E-state index contributed by atoms with van der Waals surface area (Å²) < 4.78 is 1.88. The van der Waals surface area contributed by atoms with Crippen LogP contribution in [-0.2, 0) is 17.6 Å². The van der Waals surface area contributed by atoms with Crippen LogP contribution in [0.15, 0.2) is 24.3 Å². The quantitative estimate of drug-likeness (QED) is 0.824. The Balaban J connectivity index is 2.30. The Kier molecular flexibility index (Phi) is 5.53. The maximum Gasteiger partial charge on any atom is 0.222 e. The molecular formula is C18H26N4O. The smallest absolute Gasteiger partial charge is 0.222 e. The van der Waals surface area contributed by atoms with Crippen LogP contribution in [0.1, 0.15) is 37.5 Å². The third kappa shape index (κ3) is 4.65. The van der Waals surface area contributed by atoms with Crippen LogP contribution in [0.4, 0.5) is 0 Å². The van der Waals surface area contributed by atoms with E-state index in [4.69, 9.17) is 0 Å². The van der Waals surface area contributed by atoms with E-state index >= 15 is 0 Å². The normalized spacial score (nSPS) is 11.0. The van der Waals surface area contributed by atoms with E-state index in [1.165, 1.54) is 5.56 Å². The first-order valence-corrected chi connectivity index (χ1v) is 8.09. The third-order valence-corrected chi connectivity index (χ3v) is 3.62. The van der Waals surface area contributed by atoms with Gasteiger partial charge in [0.2, 0.25) is 5.91 Å². The van der Waals surface area contributed by atoms with Gasteiger partial charge in [-0.25, -0.2) is 9.67 Å². The number of aromatic nitrogens is 3. The Bertz CT molecular complexity index is 673. The van der Waals surface area contributed by atoms with Crippen molar-refractivity contribution >= 4 is 5.91 Å². The zero-order chi connectivity index (χ0) is 17.0. The Morgan fingerprint density at radius 3 is 2.65 bits per heavy atom. The molecule has 2 rings (SSSR count). The SMILES string of the molecule is Cc1cccc(-n2nc(CC(C)C)nc2CCC(=O)N(C)C)c1. The fourth-order valence-corrected chi connectivity index (χ4v) is 2.41. The topological polar surface area (TPSA) is 51.0 Å². The van der Waals surface area contributed by atoms with E-state index in [-0.39, 0.29) is 5.91 Å². The van der Waals surface area contributed by atoms with E-state index < -0.39 is 0 Å². The van der Waals surface area contributed by atoms with Crippen LogP contribution in [0.3, 0.4) is 0 Å². The van der Waals surface area contributed by atoms with Gasteiger partial charge in [-0.3, -0.25) is 4.79 Å². The molecule has 0 atom stereocenters. The van der Waals surface area contributed by atoms with E-state index in [0.717, 1.165) is 23.8 Å². The minimum absolute atomic E-state index is 0.106. The number of hydrogen-bond donors (Lipinski definition) is 0. The van der Waals surface area contributed by atoms with Gasteiger partial charge in [-0.15, -0.1) is 0 Å². The average Bonchev–Trinajstić information content (AvgIpc) is 2.86. The van der Waals surface area contributed by atoms with E-state index in [9.17, 15) is 4.79 Å². The van der Waals surface area contributed by atoms with Crippen molar-refractivity contribution in [2.45, 2.75) is 40.0 Å². The molecule has 0 unspecified atom stereocenters. The first-order chi connectivity index (χ1) is 10.9.